The fraction of sp³-hybridized carbons (Fsp3) is 0.0476. The molecule has 1 amide bonds. The van der Waals surface area contributed by atoms with Crippen LogP contribution >= 0.6 is 43.2 Å². The SMILES string of the molecule is Cc1ccccc1C(=O)Nc1c(Br)cc(Br)cc1-c1nc2ccccc2s1. The second-order valence-corrected chi connectivity index (χ2v) is 8.87. The van der Waals surface area contributed by atoms with Gasteiger partial charge < -0.3 is 5.32 Å². The quantitative estimate of drug-likeness (QED) is 0.326. The lowest BCUT2D eigenvalue weighted by atomic mass is 10.1. The predicted octanol–water partition coefficient (Wildman–Crippen LogP) is 7.05. The first-order valence-electron chi connectivity index (χ1n) is 8.25. The molecule has 0 spiro atoms. The summed E-state index contributed by atoms with van der Waals surface area (Å²) >= 11 is 8.74. The Bertz CT molecular complexity index is 1140. The summed E-state index contributed by atoms with van der Waals surface area (Å²) in [5.41, 5.74) is 4.13. The van der Waals surface area contributed by atoms with Gasteiger partial charge in [-0.05, 0) is 58.7 Å². The highest BCUT2D eigenvalue weighted by Crippen LogP contribution is 2.40. The largest absolute Gasteiger partial charge is 0.320 e. The molecule has 1 heterocycles. The molecule has 27 heavy (non-hydrogen) atoms. The minimum Gasteiger partial charge on any atom is -0.320 e. The standard InChI is InChI=1S/C21H14Br2N2OS/c1-12-6-2-3-7-14(12)20(26)25-19-15(10-13(22)11-16(19)23)21-24-17-8-4-5-9-18(17)27-21/h2-11H,1H3,(H,25,26). The minimum absolute atomic E-state index is 0.140. The van der Waals surface area contributed by atoms with Crippen LogP contribution in [0.2, 0.25) is 0 Å². The van der Waals surface area contributed by atoms with Crippen LogP contribution in [0.1, 0.15) is 15.9 Å². The second-order valence-electron chi connectivity index (χ2n) is 6.07. The Balaban J connectivity index is 1.81. The Hall–Kier alpha value is -2.02. The summed E-state index contributed by atoms with van der Waals surface area (Å²) in [4.78, 5) is 17.6. The summed E-state index contributed by atoms with van der Waals surface area (Å²) in [6, 6.07) is 19.5. The average molecular weight is 502 g/mol. The number of benzene rings is 3. The van der Waals surface area contributed by atoms with Gasteiger partial charge in [0.1, 0.15) is 5.01 Å². The smallest absolute Gasteiger partial charge is 0.255 e. The number of anilines is 1. The van der Waals surface area contributed by atoms with Crippen LogP contribution in [0.3, 0.4) is 0 Å². The van der Waals surface area contributed by atoms with Crippen molar-refractivity contribution in [1.82, 2.24) is 4.98 Å². The van der Waals surface area contributed by atoms with Crippen molar-refractivity contribution >= 4 is 65.0 Å². The van der Waals surface area contributed by atoms with Gasteiger partial charge in [-0.2, -0.15) is 0 Å². The Morgan fingerprint density at radius 3 is 2.56 bits per heavy atom. The molecular weight excluding hydrogens is 488 g/mol. The number of rotatable bonds is 3. The van der Waals surface area contributed by atoms with E-state index in [-0.39, 0.29) is 5.91 Å². The lowest BCUT2D eigenvalue weighted by Gasteiger charge is -2.13. The third kappa shape index (κ3) is 3.70. The number of hydrogen-bond acceptors (Lipinski definition) is 3. The molecule has 0 atom stereocenters. The van der Waals surface area contributed by atoms with Crippen LogP contribution in [0, 0.1) is 6.92 Å². The number of thiazole rings is 1. The molecule has 0 saturated heterocycles. The molecule has 4 rings (SSSR count). The molecule has 0 unspecified atom stereocenters. The van der Waals surface area contributed by atoms with E-state index in [0.717, 1.165) is 35.3 Å². The number of carbonyl (C=O) groups is 1. The first-order chi connectivity index (χ1) is 13.0. The normalized spacial score (nSPS) is 10.9. The average Bonchev–Trinajstić information content (AvgIpc) is 3.08. The molecule has 6 heteroatoms. The zero-order valence-electron chi connectivity index (χ0n) is 14.3. The summed E-state index contributed by atoms with van der Waals surface area (Å²) in [5.74, 6) is -0.140. The lowest BCUT2D eigenvalue weighted by molar-refractivity contribution is 0.102. The zero-order valence-corrected chi connectivity index (χ0v) is 18.3. The van der Waals surface area contributed by atoms with Crippen LogP contribution in [-0.2, 0) is 0 Å². The Morgan fingerprint density at radius 1 is 1.04 bits per heavy atom. The fourth-order valence-electron chi connectivity index (χ4n) is 2.87. The first-order valence-corrected chi connectivity index (χ1v) is 10.6. The summed E-state index contributed by atoms with van der Waals surface area (Å²) in [6.45, 7) is 1.93. The number of carbonyl (C=O) groups excluding carboxylic acids is 1. The van der Waals surface area contributed by atoms with Crippen molar-refractivity contribution in [3.05, 3.63) is 80.7 Å². The number of halogens is 2. The second kappa shape index (κ2) is 7.54. The monoisotopic (exact) mass is 500 g/mol. The molecule has 134 valence electrons. The van der Waals surface area contributed by atoms with Gasteiger partial charge >= 0.3 is 0 Å². The molecule has 0 aliphatic heterocycles. The van der Waals surface area contributed by atoms with Crippen LogP contribution in [0.25, 0.3) is 20.8 Å². The van der Waals surface area contributed by atoms with Crippen LogP contribution < -0.4 is 5.32 Å². The number of hydrogen-bond donors (Lipinski definition) is 1. The van der Waals surface area contributed by atoms with E-state index in [1.807, 2.05) is 61.5 Å². The van der Waals surface area contributed by atoms with E-state index in [0.29, 0.717) is 11.3 Å². The molecule has 0 radical (unpaired) electrons. The number of amides is 1. The third-order valence-corrected chi connectivity index (χ3v) is 6.36. The number of fused-ring (bicyclic) bond motifs is 1. The van der Waals surface area contributed by atoms with Gasteiger partial charge in [0.15, 0.2) is 0 Å². The van der Waals surface area contributed by atoms with E-state index in [1.165, 1.54) is 0 Å². The van der Waals surface area contributed by atoms with Crippen LogP contribution in [0.5, 0.6) is 0 Å². The number of nitrogens with one attached hydrogen (secondary N) is 1. The molecule has 0 aliphatic rings. The van der Waals surface area contributed by atoms with Gasteiger partial charge in [-0.1, -0.05) is 46.3 Å². The van der Waals surface area contributed by atoms with Crippen LogP contribution in [0.15, 0.2) is 69.6 Å². The summed E-state index contributed by atoms with van der Waals surface area (Å²) < 4.78 is 2.82. The van der Waals surface area contributed by atoms with Crippen molar-refractivity contribution in [2.24, 2.45) is 0 Å². The third-order valence-electron chi connectivity index (χ3n) is 4.21. The van der Waals surface area contributed by atoms with Gasteiger partial charge in [-0.15, -0.1) is 11.3 Å². The van der Waals surface area contributed by atoms with Crippen LogP contribution in [-0.4, -0.2) is 10.9 Å². The van der Waals surface area contributed by atoms with Crippen molar-refractivity contribution in [3.8, 4) is 10.6 Å². The maximum absolute atomic E-state index is 12.9. The minimum atomic E-state index is -0.140. The van der Waals surface area contributed by atoms with Gasteiger partial charge in [0.25, 0.3) is 5.91 Å². The Labute approximate surface area is 177 Å². The van der Waals surface area contributed by atoms with Crippen molar-refractivity contribution < 1.29 is 4.79 Å². The molecule has 1 aromatic heterocycles. The highest BCUT2D eigenvalue weighted by molar-refractivity contribution is 9.11. The highest BCUT2D eigenvalue weighted by atomic mass is 79.9. The van der Waals surface area contributed by atoms with E-state index < -0.39 is 0 Å². The molecular formula is C21H14Br2N2OS. The fourth-order valence-corrected chi connectivity index (χ4v) is 5.18. The number of para-hydroxylation sites is 1. The van der Waals surface area contributed by atoms with Crippen molar-refractivity contribution in [1.29, 1.82) is 0 Å². The Morgan fingerprint density at radius 2 is 1.78 bits per heavy atom. The van der Waals surface area contributed by atoms with Gasteiger partial charge in [0.2, 0.25) is 0 Å². The van der Waals surface area contributed by atoms with Crippen LogP contribution in [0.4, 0.5) is 5.69 Å². The van der Waals surface area contributed by atoms with E-state index in [9.17, 15) is 4.79 Å². The number of nitrogens with zero attached hydrogens (tertiary/aromatic N) is 1. The van der Waals surface area contributed by atoms with E-state index in [1.54, 1.807) is 11.3 Å². The van der Waals surface area contributed by atoms with E-state index in [4.69, 9.17) is 4.98 Å². The lowest BCUT2D eigenvalue weighted by Crippen LogP contribution is -2.14. The maximum atomic E-state index is 12.9. The van der Waals surface area contributed by atoms with Crippen molar-refractivity contribution in [2.75, 3.05) is 5.32 Å². The summed E-state index contributed by atoms with van der Waals surface area (Å²) in [7, 11) is 0. The molecule has 4 aromatic rings. The van der Waals surface area contributed by atoms with E-state index in [2.05, 4.69) is 43.2 Å². The zero-order chi connectivity index (χ0) is 19.0. The van der Waals surface area contributed by atoms with Gasteiger partial charge in [-0.25, -0.2) is 4.98 Å². The molecule has 0 bridgehead atoms. The number of aryl methyl sites for hydroxylation is 1. The van der Waals surface area contributed by atoms with E-state index >= 15 is 0 Å². The molecule has 0 fully saturated rings. The topological polar surface area (TPSA) is 42.0 Å². The van der Waals surface area contributed by atoms with Gasteiger partial charge in [0.05, 0.1) is 15.9 Å². The molecule has 0 aliphatic carbocycles. The molecule has 3 nitrogen and oxygen atoms in total. The molecule has 3 aromatic carbocycles. The summed E-state index contributed by atoms with van der Waals surface area (Å²) in [6.07, 6.45) is 0. The van der Waals surface area contributed by atoms with Crippen molar-refractivity contribution in [3.63, 3.8) is 0 Å². The highest BCUT2D eigenvalue weighted by Gasteiger charge is 2.18. The van der Waals surface area contributed by atoms with Gasteiger partial charge in [0, 0.05) is 20.1 Å². The summed E-state index contributed by atoms with van der Waals surface area (Å²) in [5, 5.41) is 3.93. The predicted molar refractivity (Wildman–Crippen MR) is 120 cm³/mol. The maximum Gasteiger partial charge on any atom is 0.255 e. The molecule has 1 N–H and O–H groups in total. The number of aromatic nitrogens is 1. The van der Waals surface area contributed by atoms with Crippen molar-refractivity contribution in [2.45, 2.75) is 6.92 Å². The Kier molecular flexibility index (Phi) is 5.12. The van der Waals surface area contributed by atoms with Gasteiger partial charge in [-0.3, -0.25) is 4.79 Å². The molecule has 0 saturated carbocycles. The first kappa shape index (κ1) is 18.3.